The lowest BCUT2D eigenvalue weighted by atomic mass is 10.3. The van der Waals surface area contributed by atoms with Crippen LogP contribution in [0.15, 0.2) is 33.9 Å². The molecule has 9 nitrogen and oxygen atoms in total. The Morgan fingerprint density at radius 1 is 1.26 bits per heavy atom. The summed E-state index contributed by atoms with van der Waals surface area (Å²) in [6, 6.07) is 6.95. The second-order valence-corrected chi connectivity index (χ2v) is 6.48. The van der Waals surface area contributed by atoms with Crippen molar-refractivity contribution in [1.82, 2.24) is 18.7 Å². The molecule has 3 aromatic rings. The molecular weight excluding hydrogens is 374 g/mol. The molecule has 0 amide bonds. The van der Waals surface area contributed by atoms with Gasteiger partial charge >= 0.3 is 5.69 Å². The van der Waals surface area contributed by atoms with E-state index < -0.39 is 17.4 Å². The average molecular weight is 394 g/mol. The Hall–Kier alpha value is -2.78. The van der Waals surface area contributed by atoms with Crippen molar-refractivity contribution >= 4 is 28.7 Å². The summed E-state index contributed by atoms with van der Waals surface area (Å²) in [5.74, 6) is 0.820. The molecule has 10 heteroatoms. The van der Waals surface area contributed by atoms with Gasteiger partial charge in [-0.15, -0.1) is 0 Å². The van der Waals surface area contributed by atoms with Gasteiger partial charge in [0.05, 0.1) is 11.6 Å². The van der Waals surface area contributed by atoms with Gasteiger partial charge in [0.2, 0.25) is 5.95 Å². The summed E-state index contributed by atoms with van der Waals surface area (Å²) in [6.07, 6.45) is -0.937. The summed E-state index contributed by atoms with van der Waals surface area (Å²) in [5.41, 5.74) is -0.490. The highest BCUT2D eigenvalue weighted by Crippen LogP contribution is 2.23. The molecule has 0 saturated carbocycles. The van der Waals surface area contributed by atoms with Crippen LogP contribution < -0.4 is 21.3 Å². The van der Waals surface area contributed by atoms with Crippen LogP contribution in [0, 0.1) is 0 Å². The number of hydrogen-bond acceptors (Lipinski definition) is 6. The maximum Gasteiger partial charge on any atom is 0.332 e. The van der Waals surface area contributed by atoms with Gasteiger partial charge in [-0.1, -0.05) is 23.7 Å². The van der Waals surface area contributed by atoms with Crippen molar-refractivity contribution < 1.29 is 9.84 Å². The molecule has 0 aliphatic heterocycles. The van der Waals surface area contributed by atoms with E-state index in [1.54, 1.807) is 31.3 Å². The van der Waals surface area contributed by atoms with E-state index in [-0.39, 0.29) is 24.3 Å². The van der Waals surface area contributed by atoms with Crippen LogP contribution >= 0.6 is 11.6 Å². The first-order valence-corrected chi connectivity index (χ1v) is 8.62. The average Bonchev–Trinajstić information content (AvgIpc) is 3.02. The first kappa shape index (κ1) is 19.0. The number of aryl methyl sites for hydroxylation is 1. The van der Waals surface area contributed by atoms with E-state index in [1.165, 1.54) is 23.2 Å². The zero-order chi connectivity index (χ0) is 19.7. The van der Waals surface area contributed by atoms with E-state index in [2.05, 4.69) is 10.3 Å². The Labute approximate surface area is 159 Å². The van der Waals surface area contributed by atoms with Gasteiger partial charge in [-0.2, -0.15) is 4.98 Å². The van der Waals surface area contributed by atoms with Gasteiger partial charge in [0.25, 0.3) is 5.56 Å². The zero-order valence-electron chi connectivity index (χ0n) is 15.1. The smallest absolute Gasteiger partial charge is 0.332 e. The van der Waals surface area contributed by atoms with E-state index >= 15 is 0 Å². The molecule has 1 atom stereocenters. The number of aliphatic hydroxyl groups is 1. The minimum atomic E-state index is -0.937. The third-order valence-corrected chi connectivity index (χ3v) is 4.55. The monoisotopic (exact) mass is 393 g/mol. The first-order valence-electron chi connectivity index (χ1n) is 8.24. The van der Waals surface area contributed by atoms with Crippen molar-refractivity contribution in [1.29, 1.82) is 0 Å². The quantitative estimate of drug-likeness (QED) is 0.634. The molecule has 0 unspecified atom stereocenters. The van der Waals surface area contributed by atoms with Crippen molar-refractivity contribution in [2.45, 2.75) is 12.6 Å². The summed E-state index contributed by atoms with van der Waals surface area (Å²) < 4.78 is 9.39. The highest BCUT2D eigenvalue weighted by Gasteiger charge is 2.20. The Balaban J connectivity index is 1.93. The summed E-state index contributed by atoms with van der Waals surface area (Å²) in [6.45, 7) is 0.0171. The molecule has 2 aromatic heterocycles. The molecule has 0 bridgehead atoms. The molecule has 0 fully saturated rings. The molecule has 0 saturated heterocycles. The normalized spacial score (nSPS) is 12.3. The number of aromatic nitrogens is 4. The fourth-order valence-electron chi connectivity index (χ4n) is 2.83. The molecule has 0 aliphatic carbocycles. The second kappa shape index (κ2) is 7.45. The van der Waals surface area contributed by atoms with Crippen LogP contribution in [0.4, 0.5) is 5.95 Å². The molecule has 2 heterocycles. The molecule has 144 valence electrons. The number of rotatable bonds is 6. The SMILES string of the molecule is CNc1nc2c(c(=O)n(C)c(=O)n2C)n1C[C@@H](O)COc1ccccc1Cl. The number of halogens is 1. The number of para-hydroxylation sites is 1. The van der Waals surface area contributed by atoms with Crippen LogP contribution in [0.1, 0.15) is 0 Å². The highest BCUT2D eigenvalue weighted by molar-refractivity contribution is 6.32. The van der Waals surface area contributed by atoms with E-state index in [0.29, 0.717) is 16.7 Å². The van der Waals surface area contributed by atoms with Crippen LogP contribution in [0.2, 0.25) is 5.02 Å². The fourth-order valence-corrected chi connectivity index (χ4v) is 3.02. The van der Waals surface area contributed by atoms with Crippen LogP contribution in [0.25, 0.3) is 11.2 Å². The van der Waals surface area contributed by atoms with Gasteiger partial charge in [0.15, 0.2) is 11.2 Å². The Morgan fingerprint density at radius 3 is 2.63 bits per heavy atom. The molecule has 3 rings (SSSR count). The van der Waals surface area contributed by atoms with Crippen molar-refractivity contribution in [2.75, 3.05) is 19.0 Å². The number of aliphatic hydroxyl groups excluding tert-OH is 1. The van der Waals surface area contributed by atoms with Crippen LogP contribution in [0.3, 0.4) is 0 Å². The minimum Gasteiger partial charge on any atom is -0.489 e. The summed E-state index contributed by atoms with van der Waals surface area (Å²) in [5, 5.41) is 13.7. The predicted octanol–water partition coefficient (Wildman–Crippen LogP) is 0.569. The number of ether oxygens (including phenoxy) is 1. The summed E-state index contributed by atoms with van der Waals surface area (Å²) >= 11 is 6.04. The standard InChI is InChI=1S/C17H20ClN5O4/c1-19-16-20-14-13(15(25)22(3)17(26)21(14)2)23(16)8-10(24)9-27-12-7-5-4-6-11(12)18/h4-7,10,24H,8-9H2,1-3H3,(H,19,20)/t10-/m1/s1. The number of nitrogens with zero attached hydrogens (tertiary/aromatic N) is 4. The summed E-state index contributed by atoms with van der Waals surface area (Å²) in [7, 11) is 4.59. The second-order valence-electron chi connectivity index (χ2n) is 6.07. The van der Waals surface area contributed by atoms with Gasteiger partial charge in [0, 0.05) is 21.1 Å². The molecule has 0 radical (unpaired) electrons. The number of imidazole rings is 1. The Morgan fingerprint density at radius 2 is 1.96 bits per heavy atom. The topological polar surface area (TPSA) is 103 Å². The number of benzene rings is 1. The lowest BCUT2D eigenvalue weighted by Gasteiger charge is -2.15. The number of fused-ring (bicyclic) bond motifs is 1. The van der Waals surface area contributed by atoms with E-state index in [9.17, 15) is 14.7 Å². The molecular formula is C17H20ClN5O4. The van der Waals surface area contributed by atoms with Crippen molar-refractivity contribution in [2.24, 2.45) is 14.1 Å². The number of nitrogens with one attached hydrogen (secondary N) is 1. The molecule has 27 heavy (non-hydrogen) atoms. The third kappa shape index (κ3) is 3.43. The lowest BCUT2D eigenvalue weighted by molar-refractivity contribution is 0.0939. The third-order valence-electron chi connectivity index (χ3n) is 4.23. The van der Waals surface area contributed by atoms with E-state index in [4.69, 9.17) is 16.3 Å². The number of hydrogen-bond donors (Lipinski definition) is 2. The van der Waals surface area contributed by atoms with Crippen molar-refractivity contribution in [3.63, 3.8) is 0 Å². The van der Waals surface area contributed by atoms with Gasteiger partial charge in [-0.3, -0.25) is 13.9 Å². The maximum absolute atomic E-state index is 12.6. The largest absolute Gasteiger partial charge is 0.489 e. The van der Waals surface area contributed by atoms with E-state index in [0.717, 1.165) is 4.57 Å². The Bertz CT molecular complexity index is 1100. The molecule has 0 spiro atoms. The summed E-state index contributed by atoms with van der Waals surface area (Å²) in [4.78, 5) is 29.0. The van der Waals surface area contributed by atoms with Gasteiger partial charge in [0.1, 0.15) is 18.5 Å². The first-order chi connectivity index (χ1) is 12.8. The highest BCUT2D eigenvalue weighted by atomic mass is 35.5. The fraction of sp³-hybridized carbons (Fsp3) is 0.353. The van der Waals surface area contributed by atoms with E-state index in [1.807, 2.05) is 0 Å². The molecule has 0 aliphatic rings. The minimum absolute atomic E-state index is 0.0291. The van der Waals surface area contributed by atoms with Gasteiger partial charge in [-0.05, 0) is 12.1 Å². The molecule has 1 aromatic carbocycles. The predicted molar refractivity (Wildman–Crippen MR) is 103 cm³/mol. The van der Waals surface area contributed by atoms with Gasteiger partial charge < -0.3 is 19.7 Å². The van der Waals surface area contributed by atoms with Crippen LogP contribution in [-0.4, -0.2) is 43.6 Å². The van der Waals surface area contributed by atoms with Crippen molar-refractivity contribution in [3.8, 4) is 5.75 Å². The molecule has 2 N–H and O–H groups in total. The lowest BCUT2D eigenvalue weighted by Crippen LogP contribution is -2.38. The van der Waals surface area contributed by atoms with Crippen molar-refractivity contribution in [3.05, 3.63) is 50.1 Å². The van der Waals surface area contributed by atoms with Crippen LogP contribution in [-0.2, 0) is 20.6 Å². The zero-order valence-corrected chi connectivity index (χ0v) is 15.9. The maximum atomic E-state index is 12.6. The Kier molecular flexibility index (Phi) is 5.24. The van der Waals surface area contributed by atoms with Gasteiger partial charge in [-0.25, -0.2) is 4.79 Å². The number of anilines is 1. The van der Waals surface area contributed by atoms with Crippen LogP contribution in [0.5, 0.6) is 5.75 Å².